The van der Waals surface area contributed by atoms with E-state index in [-0.39, 0.29) is 23.6 Å². The van der Waals surface area contributed by atoms with E-state index in [1.165, 1.54) is 13.0 Å². The number of halogens is 7. The van der Waals surface area contributed by atoms with Crippen molar-refractivity contribution in [3.63, 3.8) is 0 Å². The molecule has 0 aromatic carbocycles. The summed E-state index contributed by atoms with van der Waals surface area (Å²) in [6.07, 6.45) is -4.87. The van der Waals surface area contributed by atoms with Gasteiger partial charge in [0.25, 0.3) is 11.8 Å². The van der Waals surface area contributed by atoms with Crippen molar-refractivity contribution in [2.45, 2.75) is 67.6 Å². The highest BCUT2D eigenvalue weighted by atomic mass is 32.2. The van der Waals surface area contributed by atoms with Crippen molar-refractivity contribution in [1.82, 2.24) is 14.8 Å². The van der Waals surface area contributed by atoms with Crippen molar-refractivity contribution in [3.05, 3.63) is 35.3 Å². The second-order valence-corrected chi connectivity index (χ2v) is 12.8. The number of hydrogen-bond donors (Lipinski definition) is 2. The van der Waals surface area contributed by atoms with Crippen LogP contribution < -0.4 is 5.32 Å². The first-order chi connectivity index (χ1) is 16.8. The molecule has 0 spiro atoms. The lowest BCUT2D eigenvalue weighted by atomic mass is 9.40. The maximum Gasteiger partial charge on any atom is 0.420 e. The van der Waals surface area contributed by atoms with Gasteiger partial charge in [0.2, 0.25) is 5.92 Å². The summed E-state index contributed by atoms with van der Waals surface area (Å²) < 4.78 is 120. The van der Waals surface area contributed by atoms with Crippen LogP contribution in [0.25, 0.3) is 0 Å². The number of alkyl halides is 7. The molecule has 4 fully saturated rings. The molecule has 2 bridgehead atoms. The summed E-state index contributed by atoms with van der Waals surface area (Å²) in [6.45, 7) is 0.883. The molecule has 37 heavy (non-hydrogen) atoms. The number of aromatic nitrogens is 3. The Morgan fingerprint density at radius 1 is 1.24 bits per heavy atom. The third kappa shape index (κ3) is 3.91. The van der Waals surface area contributed by atoms with Crippen molar-refractivity contribution in [3.8, 4) is 0 Å². The van der Waals surface area contributed by atoms with Crippen LogP contribution in [0.4, 0.5) is 36.4 Å². The van der Waals surface area contributed by atoms with Gasteiger partial charge in [0.05, 0.1) is 20.8 Å². The van der Waals surface area contributed by atoms with E-state index in [1.807, 2.05) is 0 Å². The SMILES string of the molecule is CC1(Cn2nc(C34CC(C3)C4(F)F)c(C(F)(F)F)c2C(=O)Nc2ccnc([S@](C)(=N)=O)c2)CC(F)(F)C1. The number of hydrogen-bond acceptors (Lipinski definition) is 5. The molecule has 0 aliphatic heterocycles. The van der Waals surface area contributed by atoms with Crippen LogP contribution >= 0.6 is 0 Å². The second-order valence-electron chi connectivity index (χ2n) is 10.7. The van der Waals surface area contributed by atoms with Gasteiger partial charge in [-0.2, -0.15) is 18.3 Å². The molecule has 0 unspecified atom stereocenters. The van der Waals surface area contributed by atoms with E-state index in [0.717, 1.165) is 18.5 Å². The smallest absolute Gasteiger partial charge is 0.320 e. The zero-order valence-electron chi connectivity index (χ0n) is 19.6. The maximum atomic E-state index is 14.6. The fourth-order valence-corrected chi connectivity index (χ4v) is 6.38. The summed E-state index contributed by atoms with van der Waals surface area (Å²) in [7, 11) is -3.33. The molecule has 2 heterocycles. The summed E-state index contributed by atoms with van der Waals surface area (Å²) in [4.78, 5) is 17.0. The zero-order valence-corrected chi connectivity index (χ0v) is 20.4. The lowest BCUT2D eigenvalue weighted by molar-refractivity contribution is -0.305. The maximum absolute atomic E-state index is 14.6. The van der Waals surface area contributed by atoms with Crippen molar-refractivity contribution in [2.75, 3.05) is 11.6 Å². The van der Waals surface area contributed by atoms with Gasteiger partial charge in [0, 0.05) is 43.4 Å². The van der Waals surface area contributed by atoms with Crippen LogP contribution in [0.3, 0.4) is 0 Å². The van der Waals surface area contributed by atoms with Gasteiger partial charge in [-0.25, -0.2) is 31.5 Å². The van der Waals surface area contributed by atoms with E-state index in [4.69, 9.17) is 4.78 Å². The summed E-state index contributed by atoms with van der Waals surface area (Å²) in [6, 6.07) is 2.23. The number of pyridine rings is 1. The first kappa shape index (κ1) is 25.9. The number of amides is 1. The molecule has 4 saturated carbocycles. The molecular formula is C22H22F7N5O2S. The standard InChI is InChI=1S/C22H22F7N5O2S/c1-18(8-20(23,24)9-18)10-34-15(17(35)32-12-3-4-31-13(5-12)37(2,30)36)14(22(27,28)29)16(33-34)19-6-11(7-19)21(19,25)26/h3-5,11,30H,6-10H2,1-2H3,(H,31,32,35)/t11?,19?,37-/m1/s1. The highest BCUT2D eigenvalue weighted by Gasteiger charge is 2.81. The third-order valence-electron chi connectivity index (χ3n) is 7.54. The quantitative estimate of drug-likeness (QED) is 0.473. The van der Waals surface area contributed by atoms with Crippen molar-refractivity contribution in [1.29, 1.82) is 4.78 Å². The van der Waals surface area contributed by atoms with E-state index >= 15 is 0 Å². The van der Waals surface area contributed by atoms with E-state index in [1.54, 1.807) is 0 Å². The van der Waals surface area contributed by atoms with E-state index in [9.17, 15) is 39.7 Å². The molecule has 202 valence electrons. The molecule has 0 saturated heterocycles. The fraction of sp³-hybridized carbons (Fsp3) is 0.591. The summed E-state index contributed by atoms with van der Waals surface area (Å²) >= 11 is 0. The number of nitrogens with one attached hydrogen (secondary N) is 2. The third-order valence-corrected chi connectivity index (χ3v) is 8.56. The Bertz CT molecular complexity index is 1400. The average molecular weight is 554 g/mol. The number of rotatable bonds is 6. The molecule has 6 rings (SSSR count). The van der Waals surface area contributed by atoms with Crippen LogP contribution in [0.15, 0.2) is 23.4 Å². The number of anilines is 1. The molecule has 1 amide bonds. The first-order valence-corrected chi connectivity index (χ1v) is 13.2. The van der Waals surface area contributed by atoms with Crippen molar-refractivity contribution in [2.24, 2.45) is 11.3 Å². The van der Waals surface area contributed by atoms with Gasteiger partial charge in [-0.15, -0.1) is 0 Å². The molecule has 2 N–H and O–H groups in total. The zero-order chi connectivity index (χ0) is 27.4. The minimum atomic E-state index is -5.25. The van der Waals surface area contributed by atoms with Crippen LogP contribution in [-0.2, 0) is 27.9 Å². The van der Waals surface area contributed by atoms with Crippen molar-refractivity contribution >= 4 is 21.3 Å². The van der Waals surface area contributed by atoms with Gasteiger partial charge in [0.1, 0.15) is 16.3 Å². The predicted octanol–water partition coefficient (Wildman–Crippen LogP) is 5.32. The number of carbonyl (C=O) groups is 1. The highest BCUT2D eigenvalue weighted by molar-refractivity contribution is 7.91. The molecule has 2 aromatic rings. The highest BCUT2D eigenvalue weighted by Crippen LogP contribution is 2.74. The Labute approximate surface area is 206 Å². The molecule has 15 heteroatoms. The fourth-order valence-electron chi connectivity index (χ4n) is 5.76. The molecular weight excluding hydrogens is 531 g/mol. The van der Waals surface area contributed by atoms with Crippen LogP contribution in [0.5, 0.6) is 0 Å². The lowest BCUT2D eigenvalue weighted by Crippen LogP contribution is -2.74. The Morgan fingerprint density at radius 2 is 1.86 bits per heavy atom. The minimum Gasteiger partial charge on any atom is -0.320 e. The van der Waals surface area contributed by atoms with Gasteiger partial charge in [-0.1, -0.05) is 6.92 Å². The van der Waals surface area contributed by atoms with Gasteiger partial charge in [-0.3, -0.25) is 9.48 Å². The van der Waals surface area contributed by atoms with Crippen LogP contribution in [0.1, 0.15) is 54.4 Å². The summed E-state index contributed by atoms with van der Waals surface area (Å²) in [5, 5.41) is 5.83. The summed E-state index contributed by atoms with van der Waals surface area (Å²) in [5.74, 6) is -8.89. The van der Waals surface area contributed by atoms with Crippen LogP contribution in [-0.4, -0.2) is 43.0 Å². The minimum absolute atomic E-state index is 0.142. The Balaban J connectivity index is 1.61. The van der Waals surface area contributed by atoms with E-state index in [2.05, 4.69) is 15.4 Å². The van der Waals surface area contributed by atoms with E-state index in [0.29, 0.717) is 4.68 Å². The Morgan fingerprint density at radius 3 is 2.32 bits per heavy atom. The normalized spacial score (nSPS) is 28.3. The van der Waals surface area contributed by atoms with Gasteiger partial charge in [-0.05, 0) is 30.4 Å². The topological polar surface area (TPSA) is 101 Å². The average Bonchev–Trinajstić information content (AvgIpc) is 3.03. The van der Waals surface area contributed by atoms with Crippen LogP contribution in [0.2, 0.25) is 0 Å². The molecule has 0 radical (unpaired) electrons. The molecule has 1 atom stereocenters. The van der Waals surface area contributed by atoms with Crippen LogP contribution in [0, 0.1) is 16.1 Å². The number of nitrogens with zero attached hydrogens (tertiary/aromatic N) is 3. The molecule has 7 nitrogen and oxygen atoms in total. The molecule has 4 aliphatic carbocycles. The largest absolute Gasteiger partial charge is 0.420 e. The molecule has 4 aliphatic rings. The number of carbonyl (C=O) groups excluding carboxylic acids is 1. The Kier molecular flexibility index (Phi) is 5.21. The molecule has 2 aromatic heterocycles. The van der Waals surface area contributed by atoms with Crippen molar-refractivity contribution < 1.29 is 39.7 Å². The lowest BCUT2D eigenvalue weighted by Gasteiger charge is -2.66. The monoisotopic (exact) mass is 553 g/mol. The first-order valence-electron chi connectivity index (χ1n) is 11.2. The predicted molar refractivity (Wildman–Crippen MR) is 116 cm³/mol. The van der Waals surface area contributed by atoms with Gasteiger partial charge >= 0.3 is 6.18 Å². The van der Waals surface area contributed by atoms with Gasteiger partial charge < -0.3 is 5.32 Å². The van der Waals surface area contributed by atoms with Gasteiger partial charge in [0.15, 0.2) is 0 Å². The van der Waals surface area contributed by atoms with E-state index < -0.39 is 86.7 Å². The second kappa shape index (κ2) is 7.44. The summed E-state index contributed by atoms with van der Waals surface area (Å²) in [5.41, 5.74) is -7.17. The Hall–Kier alpha value is -2.71.